The predicted octanol–water partition coefficient (Wildman–Crippen LogP) is 1.07. The monoisotopic (exact) mass is 253 g/mol. The lowest BCUT2D eigenvalue weighted by Gasteiger charge is -2.26. The van der Waals surface area contributed by atoms with Crippen LogP contribution in [0.3, 0.4) is 0 Å². The van der Waals surface area contributed by atoms with Crippen molar-refractivity contribution in [2.75, 3.05) is 45.8 Å². The van der Waals surface area contributed by atoms with Crippen molar-refractivity contribution in [2.24, 2.45) is 0 Å². The van der Waals surface area contributed by atoms with Crippen LogP contribution in [0.15, 0.2) is 0 Å². The van der Waals surface area contributed by atoms with Gasteiger partial charge < -0.3 is 15.1 Å². The van der Waals surface area contributed by atoms with E-state index < -0.39 is 0 Å². The molecular weight excluding hydrogens is 226 g/mol. The van der Waals surface area contributed by atoms with Gasteiger partial charge in [-0.05, 0) is 45.2 Å². The number of hydrogen-bond donors (Lipinski definition) is 1. The minimum Gasteiger partial charge on any atom is -0.343 e. The molecular formula is C14H27N3O. The van der Waals surface area contributed by atoms with Crippen LogP contribution in [-0.2, 0) is 4.79 Å². The molecule has 2 aliphatic heterocycles. The first kappa shape index (κ1) is 13.8. The Bertz CT molecular complexity index is 245. The maximum absolute atomic E-state index is 11.9. The van der Waals surface area contributed by atoms with Crippen LogP contribution in [0.5, 0.6) is 0 Å². The number of carbonyl (C=O) groups excluding carboxylic acids is 1. The van der Waals surface area contributed by atoms with E-state index in [9.17, 15) is 4.79 Å². The Morgan fingerprint density at radius 3 is 2.28 bits per heavy atom. The molecule has 2 rings (SSSR count). The lowest BCUT2D eigenvalue weighted by atomic mass is 10.1. The fourth-order valence-electron chi connectivity index (χ4n) is 2.87. The normalized spacial score (nSPS) is 21.4. The molecule has 2 saturated heterocycles. The molecule has 0 aromatic carbocycles. The van der Waals surface area contributed by atoms with Gasteiger partial charge in [-0.25, -0.2) is 0 Å². The summed E-state index contributed by atoms with van der Waals surface area (Å²) in [6, 6.07) is 0. The first-order valence-electron chi connectivity index (χ1n) is 7.57. The highest BCUT2D eigenvalue weighted by molar-refractivity contribution is 5.76. The van der Waals surface area contributed by atoms with E-state index in [1.807, 2.05) is 4.90 Å². The summed E-state index contributed by atoms with van der Waals surface area (Å²) in [4.78, 5) is 16.4. The van der Waals surface area contributed by atoms with Gasteiger partial charge in [-0.15, -0.1) is 0 Å². The van der Waals surface area contributed by atoms with Gasteiger partial charge in [0.2, 0.25) is 5.91 Å². The molecule has 0 bridgehead atoms. The maximum Gasteiger partial charge on any atom is 0.223 e. The van der Waals surface area contributed by atoms with Crippen LogP contribution in [0.4, 0.5) is 0 Å². The van der Waals surface area contributed by atoms with Crippen LogP contribution >= 0.6 is 0 Å². The predicted molar refractivity (Wildman–Crippen MR) is 73.6 cm³/mol. The van der Waals surface area contributed by atoms with Crippen molar-refractivity contribution in [2.45, 2.75) is 38.5 Å². The number of nitrogens with zero attached hydrogens (tertiary/aromatic N) is 2. The van der Waals surface area contributed by atoms with Crippen molar-refractivity contribution < 1.29 is 4.79 Å². The van der Waals surface area contributed by atoms with Gasteiger partial charge in [0.25, 0.3) is 0 Å². The third kappa shape index (κ3) is 4.58. The topological polar surface area (TPSA) is 35.6 Å². The van der Waals surface area contributed by atoms with E-state index in [4.69, 9.17) is 0 Å². The number of nitrogens with one attached hydrogen (secondary N) is 1. The lowest BCUT2D eigenvalue weighted by Crippen LogP contribution is -2.38. The summed E-state index contributed by atoms with van der Waals surface area (Å²) < 4.78 is 0. The molecule has 0 unspecified atom stereocenters. The highest BCUT2D eigenvalue weighted by atomic mass is 16.2. The molecule has 0 saturated carbocycles. The SMILES string of the molecule is O=C(CCNCCN1CCCC1)N1CCCCC1. The maximum atomic E-state index is 11.9. The van der Waals surface area contributed by atoms with Gasteiger partial charge in [0, 0.05) is 39.1 Å². The number of amides is 1. The molecule has 18 heavy (non-hydrogen) atoms. The zero-order chi connectivity index (χ0) is 12.6. The molecule has 2 fully saturated rings. The Labute approximate surface area is 111 Å². The van der Waals surface area contributed by atoms with Crippen LogP contribution in [0.25, 0.3) is 0 Å². The van der Waals surface area contributed by atoms with E-state index in [2.05, 4.69) is 10.2 Å². The first-order chi connectivity index (χ1) is 8.86. The zero-order valence-corrected chi connectivity index (χ0v) is 11.5. The van der Waals surface area contributed by atoms with E-state index in [-0.39, 0.29) is 0 Å². The van der Waals surface area contributed by atoms with Crippen LogP contribution in [-0.4, -0.2) is 61.5 Å². The summed E-state index contributed by atoms with van der Waals surface area (Å²) in [5, 5.41) is 3.39. The summed E-state index contributed by atoms with van der Waals surface area (Å²) in [6.45, 7) is 7.47. The molecule has 1 N–H and O–H groups in total. The molecule has 4 heteroatoms. The van der Waals surface area contributed by atoms with E-state index in [1.54, 1.807) is 0 Å². The van der Waals surface area contributed by atoms with Crippen LogP contribution in [0.1, 0.15) is 38.5 Å². The van der Waals surface area contributed by atoms with Gasteiger partial charge >= 0.3 is 0 Å². The number of likely N-dealkylation sites (tertiary alicyclic amines) is 2. The molecule has 0 radical (unpaired) electrons. The Morgan fingerprint density at radius 1 is 0.889 bits per heavy atom. The molecule has 104 valence electrons. The summed E-state index contributed by atoms with van der Waals surface area (Å²) in [6.07, 6.45) is 7.04. The van der Waals surface area contributed by atoms with Gasteiger partial charge in [0.15, 0.2) is 0 Å². The van der Waals surface area contributed by atoms with Gasteiger partial charge in [-0.3, -0.25) is 4.79 Å². The van der Waals surface area contributed by atoms with Crippen molar-refractivity contribution >= 4 is 5.91 Å². The number of carbonyl (C=O) groups is 1. The summed E-state index contributed by atoms with van der Waals surface area (Å²) >= 11 is 0. The molecule has 0 aliphatic carbocycles. The van der Waals surface area contributed by atoms with Crippen LogP contribution in [0, 0.1) is 0 Å². The van der Waals surface area contributed by atoms with Crippen molar-refractivity contribution in [3.8, 4) is 0 Å². The number of piperidine rings is 1. The summed E-state index contributed by atoms with van der Waals surface area (Å²) in [5.74, 6) is 0.336. The van der Waals surface area contributed by atoms with Crippen molar-refractivity contribution in [1.29, 1.82) is 0 Å². The average molecular weight is 253 g/mol. The summed E-state index contributed by atoms with van der Waals surface area (Å²) in [7, 11) is 0. The van der Waals surface area contributed by atoms with Crippen LogP contribution in [0.2, 0.25) is 0 Å². The zero-order valence-electron chi connectivity index (χ0n) is 11.5. The smallest absolute Gasteiger partial charge is 0.223 e. The van der Waals surface area contributed by atoms with E-state index >= 15 is 0 Å². The Balaban J connectivity index is 1.48. The van der Waals surface area contributed by atoms with Crippen molar-refractivity contribution in [1.82, 2.24) is 15.1 Å². The molecule has 0 spiro atoms. The second-order valence-electron chi connectivity index (χ2n) is 5.49. The van der Waals surface area contributed by atoms with E-state index in [1.165, 1.54) is 45.2 Å². The fraction of sp³-hybridized carbons (Fsp3) is 0.929. The quantitative estimate of drug-likeness (QED) is 0.719. The minimum absolute atomic E-state index is 0.336. The first-order valence-corrected chi connectivity index (χ1v) is 7.57. The van der Waals surface area contributed by atoms with Crippen molar-refractivity contribution in [3.63, 3.8) is 0 Å². The second-order valence-corrected chi connectivity index (χ2v) is 5.49. The Morgan fingerprint density at radius 2 is 1.56 bits per heavy atom. The standard InChI is InChI=1S/C14H27N3O/c18-14(17-11-2-1-3-12-17)6-7-15-8-13-16-9-4-5-10-16/h15H,1-13H2. The number of hydrogen-bond acceptors (Lipinski definition) is 3. The van der Waals surface area contributed by atoms with Gasteiger partial charge in [-0.1, -0.05) is 0 Å². The van der Waals surface area contributed by atoms with Gasteiger partial charge in [0.1, 0.15) is 0 Å². The minimum atomic E-state index is 0.336. The Hall–Kier alpha value is -0.610. The molecule has 1 amide bonds. The molecule has 4 nitrogen and oxygen atoms in total. The third-order valence-electron chi connectivity index (χ3n) is 4.03. The van der Waals surface area contributed by atoms with E-state index in [0.717, 1.165) is 32.7 Å². The molecule has 2 heterocycles. The fourth-order valence-corrected chi connectivity index (χ4v) is 2.87. The highest BCUT2D eigenvalue weighted by Crippen LogP contribution is 2.09. The highest BCUT2D eigenvalue weighted by Gasteiger charge is 2.15. The van der Waals surface area contributed by atoms with E-state index in [0.29, 0.717) is 12.3 Å². The van der Waals surface area contributed by atoms with Gasteiger partial charge in [-0.2, -0.15) is 0 Å². The Kier molecular flexibility index (Phi) is 5.94. The average Bonchev–Trinajstić information content (AvgIpc) is 2.92. The van der Waals surface area contributed by atoms with Gasteiger partial charge in [0.05, 0.1) is 0 Å². The molecule has 2 aliphatic rings. The second kappa shape index (κ2) is 7.74. The van der Waals surface area contributed by atoms with Crippen molar-refractivity contribution in [3.05, 3.63) is 0 Å². The third-order valence-corrected chi connectivity index (χ3v) is 4.03. The summed E-state index contributed by atoms with van der Waals surface area (Å²) in [5.41, 5.74) is 0. The molecule has 0 atom stereocenters. The lowest BCUT2D eigenvalue weighted by molar-refractivity contribution is -0.131. The van der Waals surface area contributed by atoms with Crippen LogP contribution < -0.4 is 5.32 Å². The number of rotatable bonds is 6. The molecule has 0 aromatic heterocycles. The largest absolute Gasteiger partial charge is 0.343 e. The molecule has 0 aromatic rings.